The Balaban J connectivity index is 0.00000480. The van der Waals surface area contributed by atoms with Gasteiger partial charge in [-0.15, -0.1) is 24.0 Å². The van der Waals surface area contributed by atoms with E-state index in [4.69, 9.17) is 4.74 Å². The predicted octanol–water partition coefficient (Wildman–Crippen LogP) is 2.82. The highest BCUT2D eigenvalue weighted by atomic mass is 127. The lowest BCUT2D eigenvalue weighted by Gasteiger charge is -2.16. The van der Waals surface area contributed by atoms with Crippen LogP contribution in [0.1, 0.15) is 23.6 Å². The van der Waals surface area contributed by atoms with Crippen LogP contribution in [0.2, 0.25) is 0 Å². The Morgan fingerprint density at radius 3 is 2.52 bits per heavy atom. The van der Waals surface area contributed by atoms with E-state index in [1.807, 2.05) is 44.2 Å². The number of halogens is 1. The number of benzene rings is 2. The summed E-state index contributed by atoms with van der Waals surface area (Å²) in [5.74, 6) is 1.29. The summed E-state index contributed by atoms with van der Waals surface area (Å²) >= 11 is 0. The molecule has 2 aromatic carbocycles. The number of nitrogens with one attached hydrogen (secondary N) is 2. The lowest BCUT2D eigenvalue weighted by molar-refractivity contribution is 0.110. The Hall–Kier alpha value is -1.85. The van der Waals surface area contributed by atoms with Crippen molar-refractivity contribution in [1.29, 1.82) is 0 Å². The summed E-state index contributed by atoms with van der Waals surface area (Å²) in [7, 11) is -3.24. The molecule has 3 N–H and O–H groups in total. The summed E-state index contributed by atoms with van der Waals surface area (Å²) in [6.45, 7) is 7.23. The van der Waals surface area contributed by atoms with E-state index in [2.05, 4.69) is 15.6 Å². The lowest BCUT2D eigenvalue weighted by atomic mass is 10.1. The molecule has 0 amide bonds. The highest BCUT2D eigenvalue weighted by Crippen LogP contribution is 2.17. The van der Waals surface area contributed by atoms with Gasteiger partial charge in [-0.2, -0.15) is 0 Å². The minimum Gasteiger partial charge on any atom is -0.491 e. The van der Waals surface area contributed by atoms with Crippen LogP contribution in [0.25, 0.3) is 0 Å². The van der Waals surface area contributed by atoms with Crippen molar-refractivity contribution in [3.8, 4) is 5.75 Å². The quantitative estimate of drug-likeness (QED) is 0.248. The molecule has 0 aromatic heterocycles. The molecule has 0 heterocycles. The van der Waals surface area contributed by atoms with Crippen molar-refractivity contribution in [1.82, 2.24) is 10.6 Å². The van der Waals surface area contributed by atoms with E-state index in [0.717, 1.165) is 16.9 Å². The molecule has 1 atom stereocenters. The second-order valence-electron chi connectivity index (χ2n) is 7.23. The molecule has 0 saturated heterocycles. The number of aliphatic hydroxyl groups excluding tert-OH is 1. The molecule has 172 valence electrons. The standard InChI is InChI=1S/C22H31N3O4S.HI/c1-5-23-22(24-13-18-9-10-21(17(3)12-18)30(4,27)28)25-14-19(26)15-29-20-8-6-7-16(2)11-20;/h6-12,19,26H,5,13-15H2,1-4H3,(H2,23,24,25);1H. The van der Waals surface area contributed by atoms with Crippen molar-refractivity contribution in [2.24, 2.45) is 4.99 Å². The van der Waals surface area contributed by atoms with Crippen molar-refractivity contribution >= 4 is 39.8 Å². The van der Waals surface area contributed by atoms with Crippen LogP contribution in [-0.4, -0.2) is 51.5 Å². The molecule has 0 radical (unpaired) electrons. The number of aryl methyl sites for hydroxylation is 2. The van der Waals surface area contributed by atoms with Gasteiger partial charge in [0.2, 0.25) is 0 Å². The Morgan fingerprint density at radius 1 is 1.16 bits per heavy atom. The van der Waals surface area contributed by atoms with Gasteiger partial charge in [-0.25, -0.2) is 13.4 Å². The van der Waals surface area contributed by atoms with E-state index in [1.165, 1.54) is 6.26 Å². The Morgan fingerprint density at radius 2 is 1.90 bits per heavy atom. The SMILES string of the molecule is CCNC(=NCc1ccc(S(C)(=O)=O)c(C)c1)NCC(O)COc1cccc(C)c1.I. The summed E-state index contributed by atoms with van der Waals surface area (Å²) in [6, 6.07) is 12.9. The third-order valence-electron chi connectivity index (χ3n) is 4.34. The fraction of sp³-hybridized carbons (Fsp3) is 0.409. The first-order valence-electron chi connectivity index (χ1n) is 9.88. The fourth-order valence-electron chi connectivity index (χ4n) is 2.91. The van der Waals surface area contributed by atoms with Gasteiger partial charge in [-0.05, 0) is 55.7 Å². The van der Waals surface area contributed by atoms with Crippen molar-refractivity contribution < 1.29 is 18.3 Å². The molecule has 31 heavy (non-hydrogen) atoms. The van der Waals surface area contributed by atoms with Crippen LogP contribution in [-0.2, 0) is 16.4 Å². The molecule has 2 rings (SSSR count). The Labute approximate surface area is 202 Å². The van der Waals surface area contributed by atoms with Gasteiger partial charge < -0.3 is 20.5 Å². The van der Waals surface area contributed by atoms with Crippen LogP contribution in [0.3, 0.4) is 0 Å². The first-order valence-corrected chi connectivity index (χ1v) is 11.8. The van der Waals surface area contributed by atoms with Gasteiger partial charge in [-0.1, -0.05) is 24.3 Å². The molecular weight excluding hydrogens is 529 g/mol. The molecule has 0 saturated carbocycles. The number of guanidine groups is 1. The van der Waals surface area contributed by atoms with Crippen molar-refractivity contribution in [2.75, 3.05) is 26.0 Å². The third kappa shape index (κ3) is 9.44. The number of sulfone groups is 1. The third-order valence-corrected chi connectivity index (χ3v) is 5.60. The fourth-order valence-corrected chi connectivity index (χ4v) is 3.87. The number of rotatable bonds is 9. The zero-order chi connectivity index (χ0) is 22.1. The molecular formula is C22H32IN3O4S. The second-order valence-corrected chi connectivity index (χ2v) is 9.21. The van der Waals surface area contributed by atoms with Crippen molar-refractivity contribution in [2.45, 2.75) is 38.3 Å². The van der Waals surface area contributed by atoms with Gasteiger partial charge in [-0.3, -0.25) is 0 Å². The number of hydrogen-bond donors (Lipinski definition) is 3. The van der Waals surface area contributed by atoms with E-state index in [0.29, 0.717) is 29.5 Å². The molecule has 0 spiro atoms. The van der Waals surface area contributed by atoms with E-state index >= 15 is 0 Å². The molecule has 0 aliphatic heterocycles. The van der Waals surface area contributed by atoms with E-state index in [-0.39, 0.29) is 37.1 Å². The highest BCUT2D eigenvalue weighted by Gasteiger charge is 2.11. The first-order chi connectivity index (χ1) is 14.2. The van der Waals surface area contributed by atoms with Gasteiger partial charge in [0, 0.05) is 19.3 Å². The maximum Gasteiger partial charge on any atom is 0.191 e. The van der Waals surface area contributed by atoms with E-state index in [9.17, 15) is 13.5 Å². The predicted molar refractivity (Wildman–Crippen MR) is 135 cm³/mol. The van der Waals surface area contributed by atoms with Crippen molar-refractivity contribution in [3.63, 3.8) is 0 Å². The summed E-state index contributed by atoms with van der Waals surface area (Å²) in [6.07, 6.45) is 0.500. The summed E-state index contributed by atoms with van der Waals surface area (Å²) < 4.78 is 29.1. The summed E-state index contributed by atoms with van der Waals surface area (Å²) in [5, 5.41) is 16.4. The zero-order valence-corrected chi connectivity index (χ0v) is 21.5. The summed E-state index contributed by atoms with van der Waals surface area (Å²) in [5.41, 5.74) is 2.70. The number of aliphatic imine (C=N–C) groups is 1. The highest BCUT2D eigenvalue weighted by molar-refractivity contribution is 14.0. The zero-order valence-electron chi connectivity index (χ0n) is 18.4. The Kier molecular flexibility index (Phi) is 11.3. The van der Waals surface area contributed by atoms with Gasteiger partial charge in [0.1, 0.15) is 18.5 Å². The smallest absolute Gasteiger partial charge is 0.191 e. The second kappa shape index (κ2) is 12.9. The minimum absolute atomic E-state index is 0. The Bertz CT molecular complexity index is 980. The molecule has 9 heteroatoms. The lowest BCUT2D eigenvalue weighted by Crippen LogP contribution is -2.42. The number of hydrogen-bond acceptors (Lipinski definition) is 5. The molecule has 2 aromatic rings. The molecule has 1 unspecified atom stereocenters. The van der Waals surface area contributed by atoms with Crippen LogP contribution in [0.4, 0.5) is 0 Å². The van der Waals surface area contributed by atoms with Crippen LogP contribution < -0.4 is 15.4 Å². The number of nitrogens with zero attached hydrogens (tertiary/aromatic N) is 1. The van der Waals surface area contributed by atoms with Gasteiger partial charge in [0.15, 0.2) is 15.8 Å². The van der Waals surface area contributed by atoms with Crippen LogP contribution in [0, 0.1) is 13.8 Å². The maximum atomic E-state index is 11.7. The summed E-state index contributed by atoms with van der Waals surface area (Å²) in [4.78, 5) is 4.84. The number of aliphatic hydroxyl groups is 1. The average Bonchev–Trinajstić information content (AvgIpc) is 2.67. The maximum absolute atomic E-state index is 11.7. The van der Waals surface area contributed by atoms with Crippen molar-refractivity contribution in [3.05, 3.63) is 59.2 Å². The molecule has 0 fully saturated rings. The molecule has 7 nitrogen and oxygen atoms in total. The van der Waals surface area contributed by atoms with Crippen LogP contribution in [0.5, 0.6) is 5.75 Å². The number of ether oxygens (including phenoxy) is 1. The largest absolute Gasteiger partial charge is 0.491 e. The molecule has 0 aliphatic rings. The van der Waals surface area contributed by atoms with E-state index in [1.54, 1.807) is 19.1 Å². The van der Waals surface area contributed by atoms with Crippen LogP contribution >= 0.6 is 24.0 Å². The van der Waals surface area contributed by atoms with Gasteiger partial charge in [0.05, 0.1) is 11.4 Å². The minimum atomic E-state index is -3.24. The van der Waals surface area contributed by atoms with Crippen LogP contribution in [0.15, 0.2) is 52.4 Å². The average molecular weight is 561 g/mol. The van der Waals surface area contributed by atoms with E-state index < -0.39 is 15.9 Å². The van der Waals surface area contributed by atoms with Gasteiger partial charge >= 0.3 is 0 Å². The molecule has 0 aliphatic carbocycles. The normalized spacial score (nSPS) is 12.6. The topological polar surface area (TPSA) is 100 Å². The molecule has 0 bridgehead atoms. The first kappa shape index (κ1) is 27.2. The monoisotopic (exact) mass is 561 g/mol. The van der Waals surface area contributed by atoms with Gasteiger partial charge in [0.25, 0.3) is 0 Å².